The number of allylic oxidation sites excluding steroid dienone is 1. The number of aliphatic hydroxyl groups is 2. The van der Waals surface area contributed by atoms with Crippen molar-refractivity contribution in [3.63, 3.8) is 0 Å². The van der Waals surface area contributed by atoms with E-state index in [0.29, 0.717) is 0 Å². The maximum atomic E-state index is 10.2. The van der Waals surface area contributed by atoms with Crippen LogP contribution in [-0.2, 0) is 0 Å². The Morgan fingerprint density at radius 2 is 1.10 bits per heavy atom. The predicted molar refractivity (Wildman–Crippen MR) is 128 cm³/mol. The zero-order valence-corrected chi connectivity index (χ0v) is 19.8. The number of unbranched alkanes of at least 4 members (excludes halogenated alkanes) is 16. The Kier molecular flexibility index (Phi) is 23.6. The van der Waals surface area contributed by atoms with Crippen molar-refractivity contribution < 1.29 is 10.2 Å². The molecule has 0 heterocycles. The summed E-state index contributed by atoms with van der Waals surface area (Å²) in [5.41, 5.74) is 0. The summed E-state index contributed by atoms with van der Waals surface area (Å²) >= 11 is 0. The van der Waals surface area contributed by atoms with Crippen LogP contribution in [0, 0.1) is 0 Å². The van der Waals surface area contributed by atoms with Gasteiger partial charge in [-0.05, 0) is 25.8 Å². The van der Waals surface area contributed by atoms with Crippen LogP contribution in [0.15, 0.2) is 12.2 Å². The highest BCUT2D eigenvalue weighted by Gasteiger charge is 2.14. The van der Waals surface area contributed by atoms with Gasteiger partial charge in [-0.25, -0.2) is 0 Å². The van der Waals surface area contributed by atoms with Gasteiger partial charge in [0, 0.05) is 0 Å². The molecule has 0 aliphatic heterocycles. The van der Waals surface area contributed by atoms with Gasteiger partial charge in [0.05, 0.1) is 18.8 Å². The Hall–Kier alpha value is -0.380. The van der Waals surface area contributed by atoms with Crippen LogP contribution in [0.3, 0.4) is 0 Å². The van der Waals surface area contributed by atoms with E-state index >= 15 is 0 Å². The van der Waals surface area contributed by atoms with E-state index in [9.17, 15) is 10.2 Å². The lowest BCUT2D eigenvalue weighted by molar-refractivity contribution is 0.123. The van der Waals surface area contributed by atoms with Crippen molar-refractivity contribution in [3.05, 3.63) is 12.2 Å². The Balaban J connectivity index is 3.53. The summed E-state index contributed by atoms with van der Waals surface area (Å²) in [5, 5.41) is 23.1. The molecule has 0 rings (SSSR count). The fourth-order valence-corrected chi connectivity index (χ4v) is 3.78. The molecule has 174 valence electrons. The van der Waals surface area contributed by atoms with E-state index in [4.69, 9.17) is 0 Å². The normalized spacial score (nSPS) is 13.9. The predicted octanol–water partition coefficient (Wildman–Crippen LogP) is 6.92. The standard InChI is InChI=1S/C26H53NO2/c1-3-5-7-9-11-12-13-14-15-16-17-18-20-22-26(29)25(24-28)27-23-21-19-10-8-6-4-2/h20,22,25-29H,3-19,21,23-24H2,1-2H3/b22-20+/t25-,26+/m0/s1. The number of hydrogen-bond donors (Lipinski definition) is 3. The van der Waals surface area contributed by atoms with Gasteiger partial charge in [-0.15, -0.1) is 0 Å². The summed E-state index contributed by atoms with van der Waals surface area (Å²) in [6.07, 6.45) is 27.0. The molecule has 0 radical (unpaired) electrons. The summed E-state index contributed by atoms with van der Waals surface area (Å²) in [7, 11) is 0. The van der Waals surface area contributed by atoms with Crippen molar-refractivity contribution in [1.82, 2.24) is 5.32 Å². The molecule has 0 aromatic carbocycles. The number of hydrogen-bond acceptors (Lipinski definition) is 3. The van der Waals surface area contributed by atoms with Crippen LogP contribution in [0.5, 0.6) is 0 Å². The first-order chi connectivity index (χ1) is 14.3. The first-order valence-corrected chi connectivity index (χ1v) is 12.9. The first-order valence-electron chi connectivity index (χ1n) is 12.9. The molecule has 29 heavy (non-hydrogen) atoms. The zero-order chi connectivity index (χ0) is 21.4. The minimum absolute atomic E-state index is 0.0141. The van der Waals surface area contributed by atoms with Gasteiger partial charge in [0.25, 0.3) is 0 Å². The first kappa shape index (κ1) is 28.6. The molecule has 0 saturated heterocycles. The van der Waals surface area contributed by atoms with Gasteiger partial charge in [-0.1, -0.05) is 122 Å². The average molecular weight is 412 g/mol. The largest absolute Gasteiger partial charge is 0.395 e. The lowest BCUT2D eigenvalue weighted by atomic mass is 10.0. The molecule has 3 nitrogen and oxygen atoms in total. The van der Waals surface area contributed by atoms with Gasteiger partial charge in [0.1, 0.15) is 0 Å². The van der Waals surface area contributed by atoms with Gasteiger partial charge in [-0.2, -0.15) is 0 Å². The summed E-state index contributed by atoms with van der Waals surface area (Å²) in [5.74, 6) is 0. The van der Waals surface area contributed by atoms with Crippen LogP contribution < -0.4 is 5.32 Å². The molecule has 0 saturated carbocycles. The van der Waals surface area contributed by atoms with Crippen LogP contribution in [0.1, 0.15) is 129 Å². The lowest BCUT2D eigenvalue weighted by Gasteiger charge is -2.19. The second-order valence-electron chi connectivity index (χ2n) is 8.75. The maximum absolute atomic E-state index is 10.2. The Bertz CT molecular complexity index is 333. The Morgan fingerprint density at radius 3 is 1.59 bits per heavy atom. The SMILES string of the molecule is CCCCCCCCCCCCC/C=C/[C@@H](O)[C@H](CO)NCCCCCCCC. The molecule has 0 aliphatic rings. The highest BCUT2D eigenvalue weighted by Crippen LogP contribution is 2.12. The van der Waals surface area contributed by atoms with Crippen molar-refractivity contribution in [2.75, 3.05) is 13.2 Å². The van der Waals surface area contributed by atoms with Crippen LogP contribution in [0.4, 0.5) is 0 Å². The summed E-state index contributed by atoms with van der Waals surface area (Å²) < 4.78 is 0. The molecule has 0 fully saturated rings. The number of rotatable bonds is 23. The van der Waals surface area contributed by atoms with Crippen molar-refractivity contribution >= 4 is 0 Å². The van der Waals surface area contributed by atoms with Gasteiger partial charge in [0.2, 0.25) is 0 Å². The summed E-state index contributed by atoms with van der Waals surface area (Å²) in [4.78, 5) is 0. The van der Waals surface area contributed by atoms with E-state index in [1.165, 1.54) is 103 Å². The van der Waals surface area contributed by atoms with Crippen LogP contribution >= 0.6 is 0 Å². The highest BCUT2D eigenvalue weighted by molar-refractivity contribution is 4.94. The van der Waals surface area contributed by atoms with Crippen molar-refractivity contribution in [3.8, 4) is 0 Å². The second-order valence-corrected chi connectivity index (χ2v) is 8.75. The van der Waals surface area contributed by atoms with Crippen LogP contribution in [-0.4, -0.2) is 35.5 Å². The Labute approximate surface area is 182 Å². The average Bonchev–Trinajstić information content (AvgIpc) is 2.73. The van der Waals surface area contributed by atoms with Crippen molar-refractivity contribution in [1.29, 1.82) is 0 Å². The fourth-order valence-electron chi connectivity index (χ4n) is 3.78. The van der Waals surface area contributed by atoms with Crippen LogP contribution in [0.25, 0.3) is 0 Å². The molecule has 3 heteroatoms. The minimum Gasteiger partial charge on any atom is -0.395 e. The van der Waals surface area contributed by atoms with Gasteiger partial charge >= 0.3 is 0 Å². The molecular formula is C26H53NO2. The fraction of sp³-hybridized carbons (Fsp3) is 0.923. The van der Waals surface area contributed by atoms with E-state index in [2.05, 4.69) is 25.2 Å². The molecule has 0 unspecified atom stereocenters. The third-order valence-electron chi connectivity index (χ3n) is 5.85. The monoisotopic (exact) mass is 411 g/mol. The molecule has 0 amide bonds. The molecule has 0 bridgehead atoms. The quantitative estimate of drug-likeness (QED) is 0.126. The second kappa shape index (κ2) is 23.9. The van der Waals surface area contributed by atoms with E-state index in [-0.39, 0.29) is 12.6 Å². The molecule has 0 spiro atoms. The van der Waals surface area contributed by atoms with E-state index < -0.39 is 6.10 Å². The molecule has 0 aromatic heterocycles. The van der Waals surface area contributed by atoms with Gasteiger partial charge < -0.3 is 15.5 Å². The third-order valence-corrected chi connectivity index (χ3v) is 5.85. The Morgan fingerprint density at radius 1 is 0.655 bits per heavy atom. The third kappa shape index (κ3) is 20.7. The molecule has 3 N–H and O–H groups in total. The van der Waals surface area contributed by atoms with Gasteiger partial charge in [0.15, 0.2) is 0 Å². The van der Waals surface area contributed by atoms with Crippen molar-refractivity contribution in [2.45, 2.75) is 142 Å². The van der Waals surface area contributed by atoms with E-state index in [0.717, 1.165) is 19.4 Å². The highest BCUT2D eigenvalue weighted by atomic mass is 16.3. The molecule has 0 aromatic rings. The number of aliphatic hydroxyl groups excluding tert-OH is 2. The van der Waals surface area contributed by atoms with E-state index in [1.54, 1.807) is 0 Å². The topological polar surface area (TPSA) is 52.5 Å². The van der Waals surface area contributed by atoms with E-state index in [1.807, 2.05) is 6.08 Å². The summed E-state index contributed by atoms with van der Waals surface area (Å²) in [6.45, 7) is 5.37. The zero-order valence-electron chi connectivity index (χ0n) is 19.8. The van der Waals surface area contributed by atoms with Gasteiger partial charge in [-0.3, -0.25) is 0 Å². The summed E-state index contributed by atoms with van der Waals surface area (Å²) in [6, 6.07) is -0.237. The maximum Gasteiger partial charge on any atom is 0.0896 e. The van der Waals surface area contributed by atoms with Crippen LogP contribution in [0.2, 0.25) is 0 Å². The smallest absolute Gasteiger partial charge is 0.0896 e. The number of nitrogens with one attached hydrogen (secondary N) is 1. The van der Waals surface area contributed by atoms with Crippen molar-refractivity contribution in [2.24, 2.45) is 0 Å². The molecular weight excluding hydrogens is 358 g/mol. The lowest BCUT2D eigenvalue weighted by Crippen LogP contribution is -2.42. The minimum atomic E-state index is -0.590. The molecule has 2 atom stereocenters. The molecule has 0 aliphatic carbocycles.